The Morgan fingerprint density at radius 1 is 1.55 bits per heavy atom. The summed E-state index contributed by atoms with van der Waals surface area (Å²) in [6.45, 7) is 6.65. The quantitative estimate of drug-likeness (QED) is 0.567. The Kier molecular flexibility index (Phi) is 2.36. The van der Waals surface area contributed by atoms with Gasteiger partial charge in [0.05, 0.1) is 0 Å². The molecule has 1 heteroatoms. The van der Waals surface area contributed by atoms with E-state index in [1.54, 1.807) is 0 Å². The molecule has 0 heterocycles. The van der Waals surface area contributed by atoms with Gasteiger partial charge in [0.1, 0.15) is 5.78 Å². The highest BCUT2D eigenvalue weighted by Gasteiger charge is 2.31. The first-order valence-electron chi connectivity index (χ1n) is 4.58. The molecule has 1 rings (SSSR count). The minimum atomic E-state index is 0.360. The molecular formula is C10H18O. The van der Waals surface area contributed by atoms with Crippen LogP contribution >= 0.6 is 0 Å². The van der Waals surface area contributed by atoms with E-state index in [1.807, 2.05) is 0 Å². The summed E-state index contributed by atoms with van der Waals surface area (Å²) < 4.78 is 0. The molecule has 1 fully saturated rings. The molecular weight excluding hydrogens is 136 g/mol. The third kappa shape index (κ3) is 2.05. The van der Waals surface area contributed by atoms with Crippen molar-refractivity contribution in [1.29, 1.82) is 0 Å². The third-order valence-corrected chi connectivity index (χ3v) is 2.80. The van der Waals surface area contributed by atoms with E-state index in [0.717, 1.165) is 25.7 Å². The van der Waals surface area contributed by atoms with E-state index < -0.39 is 0 Å². The van der Waals surface area contributed by atoms with Gasteiger partial charge in [-0.05, 0) is 24.7 Å². The number of hydrogen-bond acceptors (Lipinski definition) is 1. The molecule has 0 bridgehead atoms. The van der Waals surface area contributed by atoms with Crippen molar-refractivity contribution in [3.63, 3.8) is 0 Å². The molecule has 1 nitrogen and oxygen atoms in total. The molecule has 1 saturated carbocycles. The van der Waals surface area contributed by atoms with Crippen LogP contribution in [0.15, 0.2) is 0 Å². The van der Waals surface area contributed by atoms with Gasteiger partial charge in [-0.3, -0.25) is 4.79 Å². The minimum Gasteiger partial charge on any atom is -0.299 e. The maximum atomic E-state index is 11.3. The van der Waals surface area contributed by atoms with Crippen molar-refractivity contribution in [2.24, 2.45) is 11.3 Å². The molecule has 64 valence electrons. The highest BCUT2D eigenvalue weighted by Crippen LogP contribution is 2.37. The molecule has 0 spiro atoms. The minimum absolute atomic E-state index is 0.360. The van der Waals surface area contributed by atoms with E-state index >= 15 is 0 Å². The maximum Gasteiger partial charge on any atom is 0.136 e. The van der Waals surface area contributed by atoms with E-state index in [1.165, 1.54) is 0 Å². The fourth-order valence-corrected chi connectivity index (χ4v) is 1.92. The highest BCUT2D eigenvalue weighted by molar-refractivity contribution is 5.81. The molecule has 1 unspecified atom stereocenters. The fourth-order valence-electron chi connectivity index (χ4n) is 1.92. The zero-order valence-electron chi connectivity index (χ0n) is 7.81. The van der Waals surface area contributed by atoms with Gasteiger partial charge in [0.2, 0.25) is 0 Å². The van der Waals surface area contributed by atoms with Crippen LogP contribution < -0.4 is 0 Å². The predicted octanol–water partition coefficient (Wildman–Crippen LogP) is 2.79. The molecule has 0 aromatic carbocycles. The summed E-state index contributed by atoms with van der Waals surface area (Å²) in [5.74, 6) is 0.852. The fraction of sp³-hybridized carbons (Fsp3) is 0.900. The molecule has 0 saturated heterocycles. The number of Topliss-reactive ketones (excluding diaryl/α,β-unsaturated/α-hetero) is 1. The van der Waals surface area contributed by atoms with Crippen LogP contribution in [0.25, 0.3) is 0 Å². The van der Waals surface area contributed by atoms with Crippen molar-refractivity contribution in [3.8, 4) is 0 Å². The molecule has 1 aliphatic rings. The van der Waals surface area contributed by atoms with E-state index in [2.05, 4.69) is 20.8 Å². The summed E-state index contributed by atoms with van der Waals surface area (Å²) in [4.78, 5) is 11.3. The van der Waals surface area contributed by atoms with Crippen molar-refractivity contribution in [3.05, 3.63) is 0 Å². The van der Waals surface area contributed by atoms with Gasteiger partial charge < -0.3 is 0 Å². The van der Waals surface area contributed by atoms with Crippen molar-refractivity contribution in [2.75, 3.05) is 0 Å². The first-order valence-corrected chi connectivity index (χ1v) is 4.58. The monoisotopic (exact) mass is 154 g/mol. The Balaban J connectivity index is 2.58. The average Bonchev–Trinajstić information content (AvgIpc) is 1.94. The largest absolute Gasteiger partial charge is 0.299 e. The summed E-state index contributed by atoms with van der Waals surface area (Å²) >= 11 is 0. The van der Waals surface area contributed by atoms with Crippen molar-refractivity contribution in [1.82, 2.24) is 0 Å². The van der Waals surface area contributed by atoms with Crippen LogP contribution in [0.3, 0.4) is 0 Å². The molecule has 1 aliphatic carbocycles. The SMILES string of the molecule is CCC1CC(C)(C)CCC1=O. The van der Waals surface area contributed by atoms with Crippen molar-refractivity contribution in [2.45, 2.75) is 46.5 Å². The van der Waals surface area contributed by atoms with Crippen molar-refractivity contribution < 1.29 is 4.79 Å². The average molecular weight is 154 g/mol. The summed E-state index contributed by atoms with van der Waals surface area (Å²) in [5, 5.41) is 0. The summed E-state index contributed by atoms with van der Waals surface area (Å²) in [6, 6.07) is 0. The van der Waals surface area contributed by atoms with Crippen LogP contribution in [0.4, 0.5) is 0 Å². The van der Waals surface area contributed by atoms with Gasteiger partial charge in [-0.25, -0.2) is 0 Å². The van der Waals surface area contributed by atoms with Crippen molar-refractivity contribution >= 4 is 5.78 Å². The van der Waals surface area contributed by atoms with Gasteiger partial charge in [-0.15, -0.1) is 0 Å². The normalized spacial score (nSPS) is 30.5. The zero-order valence-corrected chi connectivity index (χ0v) is 7.81. The number of carbonyl (C=O) groups excluding carboxylic acids is 1. The second kappa shape index (κ2) is 2.96. The van der Waals surface area contributed by atoms with Gasteiger partial charge in [-0.1, -0.05) is 20.8 Å². The first kappa shape index (κ1) is 8.76. The lowest BCUT2D eigenvalue weighted by atomic mass is 9.71. The van der Waals surface area contributed by atoms with Gasteiger partial charge in [0.15, 0.2) is 0 Å². The van der Waals surface area contributed by atoms with Crippen LogP contribution in [0.5, 0.6) is 0 Å². The smallest absolute Gasteiger partial charge is 0.136 e. The Morgan fingerprint density at radius 2 is 2.18 bits per heavy atom. The molecule has 0 aromatic rings. The standard InChI is InChI=1S/C10H18O/c1-4-8-7-10(2,3)6-5-9(8)11/h8H,4-7H2,1-3H3. The number of rotatable bonds is 1. The lowest BCUT2D eigenvalue weighted by Crippen LogP contribution is -2.29. The highest BCUT2D eigenvalue weighted by atomic mass is 16.1. The molecule has 0 aliphatic heterocycles. The van der Waals surface area contributed by atoms with Gasteiger partial charge in [0.25, 0.3) is 0 Å². The molecule has 0 aromatic heterocycles. The van der Waals surface area contributed by atoms with Crippen LogP contribution in [0, 0.1) is 11.3 Å². The van der Waals surface area contributed by atoms with E-state index in [-0.39, 0.29) is 0 Å². The molecule has 0 radical (unpaired) electrons. The molecule has 0 amide bonds. The van der Waals surface area contributed by atoms with Gasteiger partial charge >= 0.3 is 0 Å². The maximum absolute atomic E-state index is 11.3. The molecule has 0 N–H and O–H groups in total. The third-order valence-electron chi connectivity index (χ3n) is 2.80. The van der Waals surface area contributed by atoms with E-state index in [9.17, 15) is 4.79 Å². The number of hydrogen-bond donors (Lipinski definition) is 0. The molecule has 11 heavy (non-hydrogen) atoms. The first-order chi connectivity index (χ1) is 5.05. The van der Waals surface area contributed by atoms with Crippen LogP contribution in [0.1, 0.15) is 46.5 Å². The lowest BCUT2D eigenvalue weighted by Gasteiger charge is -2.33. The van der Waals surface area contributed by atoms with E-state index in [4.69, 9.17) is 0 Å². The summed E-state index contributed by atoms with van der Waals surface area (Å²) in [5.41, 5.74) is 0.411. The Morgan fingerprint density at radius 3 is 2.64 bits per heavy atom. The topological polar surface area (TPSA) is 17.1 Å². The van der Waals surface area contributed by atoms with E-state index in [0.29, 0.717) is 17.1 Å². The second-order valence-electron chi connectivity index (χ2n) is 4.44. The van der Waals surface area contributed by atoms with Gasteiger partial charge in [0, 0.05) is 12.3 Å². The van der Waals surface area contributed by atoms with Crippen LogP contribution in [-0.4, -0.2) is 5.78 Å². The second-order valence-corrected chi connectivity index (χ2v) is 4.44. The Hall–Kier alpha value is -0.330. The summed E-state index contributed by atoms with van der Waals surface area (Å²) in [6.07, 6.45) is 4.03. The van der Waals surface area contributed by atoms with Crippen LogP contribution in [-0.2, 0) is 4.79 Å². The zero-order chi connectivity index (χ0) is 8.48. The number of carbonyl (C=O) groups is 1. The Bertz CT molecular complexity index is 158. The lowest BCUT2D eigenvalue weighted by molar-refractivity contribution is -0.127. The molecule has 1 atom stereocenters. The summed E-state index contributed by atoms with van der Waals surface area (Å²) in [7, 11) is 0. The van der Waals surface area contributed by atoms with Crippen LogP contribution in [0.2, 0.25) is 0 Å². The Labute approximate surface area is 69.2 Å². The van der Waals surface area contributed by atoms with Gasteiger partial charge in [-0.2, -0.15) is 0 Å². The number of ketones is 1. The predicted molar refractivity (Wildman–Crippen MR) is 46.4 cm³/mol.